The van der Waals surface area contributed by atoms with Crippen molar-refractivity contribution in [2.75, 3.05) is 5.73 Å². The molecule has 0 amide bonds. The minimum absolute atomic E-state index is 0.255. The molecule has 0 saturated heterocycles. The van der Waals surface area contributed by atoms with Crippen molar-refractivity contribution in [3.63, 3.8) is 0 Å². The molecule has 0 fully saturated rings. The van der Waals surface area contributed by atoms with Gasteiger partial charge in [0, 0.05) is 15.9 Å². The number of halogens is 2. The second-order valence-electron chi connectivity index (χ2n) is 4.23. The Kier molecular flexibility index (Phi) is 3.67. The predicted molar refractivity (Wildman–Crippen MR) is 82.1 cm³/mol. The third-order valence-electron chi connectivity index (χ3n) is 2.75. The van der Waals surface area contributed by atoms with Crippen molar-refractivity contribution in [1.82, 2.24) is 4.98 Å². The van der Waals surface area contributed by atoms with Crippen LogP contribution in [-0.4, -0.2) is 4.98 Å². The van der Waals surface area contributed by atoms with Gasteiger partial charge in [-0.1, -0.05) is 27.7 Å². The van der Waals surface area contributed by atoms with Crippen LogP contribution in [0.25, 0.3) is 11.1 Å². The fraction of sp³-hybridized carbons (Fsp3) is 0.0714. The third kappa shape index (κ3) is 2.81. The second kappa shape index (κ2) is 5.46. The summed E-state index contributed by atoms with van der Waals surface area (Å²) < 4.78 is 19.7. The molecule has 6 heteroatoms. The lowest BCUT2D eigenvalue weighted by molar-refractivity contribution is 0.489. The molecule has 0 unspecified atom stereocenters. The van der Waals surface area contributed by atoms with Gasteiger partial charge in [0.1, 0.15) is 11.3 Å². The standard InChI is InChI=1S/C14H10BrFN2OS/c15-11-3-1-9(16)5-8(11)7-20-14-18-12-6-10(17)2-4-13(12)19-14/h1-6H,7,17H2. The molecule has 0 aliphatic carbocycles. The van der Waals surface area contributed by atoms with Gasteiger partial charge in [-0.25, -0.2) is 9.37 Å². The van der Waals surface area contributed by atoms with Crippen LogP contribution in [0.3, 0.4) is 0 Å². The maximum absolute atomic E-state index is 13.2. The fourth-order valence-electron chi connectivity index (χ4n) is 1.78. The van der Waals surface area contributed by atoms with E-state index in [0.717, 1.165) is 15.6 Å². The zero-order valence-electron chi connectivity index (χ0n) is 10.3. The Bertz CT molecular complexity index is 775. The minimum atomic E-state index is -0.255. The third-order valence-corrected chi connectivity index (χ3v) is 4.40. The minimum Gasteiger partial charge on any atom is -0.431 e. The number of rotatable bonds is 3. The highest BCUT2D eigenvalue weighted by Crippen LogP contribution is 2.29. The van der Waals surface area contributed by atoms with Crippen molar-refractivity contribution >= 4 is 44.5 Å². The van der Waals surface area contributed by atoms with Gasteiger partial charge in [-0.15, -0.1) is 0 Å². The van der Waals surface area contributed by atoms with Gasteiger partial charge in [0.05, 0.1) is 0 Å². The van der Waals surface area contributed by atoms with Crippen molar-refractivity contribution in [2.24, 2.45) is 0 Å². The molecule has 102 valence electrons. The van der Waals surface area contributed by atoms with Crippen LogP contribution in [0.4, 0.5) is 10.1 Å². The van der Waals surface area contributed by atoms with E-state index < -0.39 is 0 Å². The summed E-state index contributed by atoms with van der Waals surface area (Å²) in [6.45, 7) is 0. The Morgan fingerprint density at radius 1 is 1.25 bits per heavy atom. The van der Waals surface area contributed by atoms with Crippen molar-refractivity contribution < 1.29 is 8.81 Å². The molecule has 1 heterocycles. The number of hydrogen-bond donors (Lipinski definition) is 1. The van der Waals surface area contributed by atoms with Gasteiger partial charge >= 0.3 is 0 Å². The fourth-order valence-corrected chi connectivity index (χ4v) is 3.18. The molecule has 0 atom stereocenters. The molecule has 2 aromatic carbocycles. The summed E-state index contributed by atoms with van der Waals surface area (Å²) in [6.07, 6.45) is 0. The van der Waals surface area contributed by atoms with E-state index in [1.54, 1.807) is 24.3 Å². The Balaban J connectivity index is 1.81. The van der Waals surface area contributed by atoms with Crippen molar-refractivity contribution in [1.29, 1.82) is 0 Å². The average molecular weight is 353 g/mol. The second-order valence-corrected chi connectivity index (χ2v) is 6.01. The summed E-state index contributed by atoms with van der Waals surface area (Å²) in [5.74, 6) is 0.315. The number of aromatic nitrogens is 1. The Morgan fingerprint density at radius 3 is 2.95 bits per heavy atom. The molecule has 1 aromatic heterocycles. The van der Waals surface area contributed by atoms with Crippen LogP contribution >= 0.6 is 27.7 Å². The lowest BCUT2D eigenvalue weighted by Crippen LogP contribution is -1.85. The van der Waals surface area contributed by atoms with E-state index in [1.807, 2.05) is 0 Å². The van der Waals surface area contributed by atoms with Crippen molar-refractivity contribution in [3.05, 3.63) is 52.3 Å². The van der Waals surface area contributed by atoms with E-state index in [1.165, 1.54) is 23.9 Å². The Labute approximate surface area is 127 Å². The number of benzene rings is 2. The first-order chi connectivity index (χ1) is 9.61. The van der Waals surface area contributed by atoms with Gasteiger partial charge in [0.25, 0.3) is 5.22 Å². The Hall–Kier alpha value is -1.53. The predicted octanol–water partition coefficient (Wildman–Crippen LogP) is 4.60. The number of thioether (sulfide) groups is 1. The van der Waals surface area contributed by atoms with Gasteiger partial charge < -0.3 is 10.2 Å². The van der Waals surface area contributed by atoms with E-state index in [0.29, 0.717) is 22.2 Å². The maximum Gasteiger partial charge on any atom is 0.257 e. The summed E-state index contributed by atoms with van der Waals surface area (Å²) in [5.41, 5.74) is 8.63. The molecule has 0 aliphatic heterocycles. The zero-order valence-corrected chi connectivity index (χ0v) is 12.7. The Morgan fingerprint density at radius 2 is 2.10 bits per heavy atom. The number of nitrogens with zero attached hydrogens (tertiary/aromatic N) is 1. The highest BCUT2D eigenvalue weighted by molar-refractivity contribution is 9.10. The quantitative estimate of drug-likeness (QED) is 0.552. The van der Waals surface area contributed by atoms with Gasteiger partial charge in [-0.05, 0) is 42.0 Å². The number of hydrogen-bond acceptors (Lipinski definition) is 4. The number of nitrogens with two attached hydrogens (primary N) is 1. The lowest BCUT2D eigenvalue weighted by atomic mass is 10.2. The van der Waals surface area contributed by atoms with Crippen LogP contribution in [0.2, 0.25) is 0 Å². The molecule has 20 heavy (non-hydrogen) atoms. The first-order valence-corrected chi connectivity index (χ1v) is 7.62. The summed E-state index contributed by atoms with van der Waals surface area (Å²) in [4.78, 5) is 4.35. The van der Waals surface area contributed by atoms with E-state index in [4.69, 9.17) is 10.2 Å². The van der Waals surface area contributed by atoms with Gasteiger partial charge in [0.2, 0.25) is 0 Å². The first-order valence-electron chi connectivity index (χ1n) is 5.84. The molecule has 0 saturated carbocycles. The normalized spacial score (nSPS) is 11.1. The highest BCUT2D eigenvalue weighted by atomic mass is 79.9. The maximum atomic E-state index is 13.2. The van der Waals surface area contributed by atoms with Crippen LogP contribution in [0.1, 0.15) is 5.56 Å². The molecule has 3 aromatic rings. The van der Waals surface area contributed by atoms with Gasteiger partial charge in [-0.2, -0.15) is 0 Å². The summed E-state index contributed by atoms with van der Waals surface area (Å²) in [7, 11) is 0. The molecule has 3 rings (SSSR count). The van der Waals surface area contributed by atoms with Crippen molar-refractivity contribution in [3.8, 4) is 0 Å². The van der Waals surface area contributed by atoms with Crippen LogP contribution < -0.4 is 5.73 Å². The SMILES string of the molecule is Nc1ccc2oc(SCc3cc(F)ccc3Br)nc2c1. The lowest BCUT2D eigenvalue weighted by Gasteiger charge is -2.02. The van der Waals surface area contributed by atoms with Crippen LogP contribution in [0, 0.1) is 5.82 Å². The molecule has 2 N–H and O–H groups in total. The molecule has 0 spiro atoms. The number of nitrogen functional groups attached to an aromatic ring is 1. The number of oxazole rings is 1. The van der Waals surface area contributed by atoms with E-state index in [2.05, 4.69) is 20.9 Å². The molecular formula is C14H10BrFN2OS. The number of anilines is 1. The smallest absolute Gasteiger partial charge is 0.257 e. The molecule has 0 radical (unpaired) electrons. The van der Waals surface area contributed by atoms with E-state index >= 15 is 0 Å². The molecule has 0 bridgehead atoms. The summed E-state index contributed by atoms with van der Waals surface area (Å²) >= 11 is 4.81. The molecular weight excluding hydrogens is 343 g/mol. The van der Waals surface area contributed by atoms with Crippen LogP contribution in [0.5, 0.6) is 0 Å². The van der Waals surface area contributed by atoms with Gasteiger partial charge in [-0.3, -0.25) is 0 Å². The molecule has 3 nitrogen and oxygen atoms in total. The van der Waals surface area contributed by atoms with Crippen LogP contribution in [0.15, 0.2) is 50.5 Å². The summed E-state index contributed by atoms with van der Waals surface area (Å²) in [6, 6.07) is 9.93. The number of fused-ring (bicyclic) bond motifs is 1. The van der Waals surface area contributed by atoms with Gasteiger partial charge in [0.15, 0.2) is 5.58 Å². The zero-order chi connectivity index (χ0) is 14.1. The summed E-state index contributed by atoms with van der Waals surface area (Å²) in [5, 5.41) is 0.543. The topological polar surface area (TPSA) is 52.0 Å². The highest BCUT2D eigenvalue weighted by Gasteiger charge is 2.09. The average Bonchev–Trinajstić information content (AvgIpc) is 2.81. The monoisotopic (exact) mass is 352 g/mol. The first kappa shape index (κ1) is 13.5. The molecule has 0 aliphatic rings. The van der Waals surface area contributed by atoms with E-state index in [9.17, 15) is 4.39 Å². The van der Waals surface area contributed by atoms with E-state index in [-0.39, 0.29) is 5.82 Å². The van der Waals surface area contributed by atoms with Crippen molar-refractivity contribution in [2.45, 2.75) is 11.0 Å². The van der Waals surface area contributed by atoms with Crippen LogP contribution in [-0.2, 0) is 5.75 Å². The largest absolute Gasteiger partial charge is 0.431 e.